The molecule has 0 spiro atoms. The summed E-state index contributed by atoms with van der Waals surface area (Å²) in [5.74, 6) is -0.437. The van der Waals surface area contributed by atoms with Gasteiger partial charge < -0.3 is 20.7 Å². The van der Waals surface area contributed by atoms with Gasteiger partial charge in [0.25, 0.3) is 17.7 Å². The van der Waals surface area contributed by atoms with Crippen LogP contribution in [0.2, 0.25) is 0 Å². The fourth-order valence-corrected chi connectivity index (χ4v) is 5.35. The molecule has 13 nitrogen and oxygen atoms in total. The fraction of sp³-hybridized carbons (Fsp3) is 0.375. The van der Waals surface area contributed by atoms with Crippen molar-refractivity contribution in [2.75, 3.05) is 37.8 Å². The Labute approximate surface area is 218 Å². The van der Waals surface area contributed by atoms with Crippen LogP contribution in [0.3, 0.4) is 0 Å². The van der Waals surface area contributed by atoms with Crippen LogP contribution in [0.15, 0.2) is 36.5 Å². The molecular formula is C24H27N7O6S. The van der Waals surface area contributed by atoms with E-state index in [1.165, 1.54) is 27.3 Å². The van der Waals surface area contributed by atoms with Gasteiger partial charge in [-0.05, 0) is 36.5 Å². The lowest BCUT2D eigenvalue weighted by Gasteiger charge is -2.30. The van der Waals surface area contributed by atoms with E-state index in [9.17, 15) is 22.8 Å². The van der Waals surface area contributed by atoms with Gasteiger partial charge in [-0.3, -0.25) is 14.4 Å². The molecule has 1 fully saturated rings. The first-order chi connectivity index (χ1) is 18.2. The summed E-state index contributed by atoms with van der Waals surface area (Å²) in [6.45, 7) is 1.35. The smallest absolute Gasteiger partial charge is 0.270 e. The zero-order valence-corrected chi connectivity index (χ0v) is 21.5. The molecule has 0 saturated carbocycles. The van der Waals surface area contributed by atoms with Crippen molar-refractivity contribution in [1.29, 1.82) is 0 Å². The second kappa shape index (κ2) is 10.4. The number of carbonyl (C=O) groups is 3. The highest BCUT2D eigenvalue weighted by molar-refractivity contribution is 7.88. The van der Waals surface area contributed by atoms with Gasteiger partial charge in [-0.1, -0.05) is 6.07 Å². The van der Waals surface area contributed by atoms with Gasteiger partial charge in [0.1, 0.15) is 17.1 Å². The molecule has 2 aromatic heterocycles. The Bertz CT molecular complexity index is 1510. The maximum absolute atomic E-state index is 13.1. The van der Waals surface area contributed by atoms with Crippen LogP contribution in [0, 0.1) is 5.92 Å². The Morgan fingerprint density at radius 2 is 1.92 bits per heavy atom. The Morgan fingerprint density at radius 1 is 1.13 bits per heavy atom. The van der Waals surface area contributed by atoms with Crippen LogP contribution in [0.25, 0.3) is 5.65 Å². The molecule has 0 bridgehead atoms. The number of anilines is 1. The molecule has 2 aliphatic rings. The number of fused-ring (bicyclic) bond motifs is 2. The van der Waals surface area contributed by atoms with Gasteiger partial charge in [0, 0.05) is 38.3 Å². The monoisotopic (exact) mass is 541 g/mol. The molecule has 3 N–H and O–H groups in total. The molecule has 14 heteroatoms. The molecule has 0 atom stereocenters. The second-order valence-corrected chi connectivity index (χ2v) is 11.3. The molecular weight excluding hydrogens is 514 g/mol. The second-order valence-electron chi connectivity index (χ2n) is 9.29. The molecule has 4 heterocycles. The normalized spacial score (nSPS) is 16.4. The standard InChI is InChI=1S/C24H27N7O6S/c1-38(35,36)30-8-5-15(6-9-30)12-26-24(34)19-11-18(28-21-4-7-27-31(19)21)23(33)25-13-16-2-3-20-17(10-16)29-22(32)14-37-20/h2-4,7,10-11,15H,5-6,8-9,12-14H2,1H3,(H,25,33)(H,26,34)(H,29,32). The number of piperidine rings is 1. The van der Waals surface area contributed by atoms with Gasteiger partial charge in [0.05, 0.1) is 18.1 Å². The van der Waals surface area contributed by atoms with Gasteiger partial charge in [-0.15, -0.1) is 0 Å². The molecule has 3 aromatic rings. The number of hydrogen-bond acceptors (Lipinski definition) is 8. The number of aromatic nitrogens is 3. The van der Waals surface area contributed by atoms with Crippen LogP contribution in [0.4, 0.5) is 5.69 Å². The lowest BCUT2D eigenvalue weighted by Crippen LogP contribution is -2.41. The Hall–Kier alpha value is -4.04. The maximum atomic E-state index is 13.1. The van der Waals surface area contributed by atoms with E-state index in [1.807, 2.05) is 0 Å². The van der Waals surface area contributed by atoms with Crippen LogP contribution in [-0.2, 0) is 21.4 Å². The molecule has 1 aromatic carbocycles. The SMILES string of the molecule is CS(=O)(=O)N1CCC(CNC(=O)c2cc(C(=O)NCc3ccc4c(c3)NC(=O)CO4)nc3ccnn23)CC1. The predicted octanol–water partition coefficient (Wildman–Crippen LogP) is 0.392. The summed E-state index contributed by atoms with van der Waals surface area (Å²) in [6.07, 6.45) is 3.98. The number of sulfonamides is 1. The third-order valence-corrected chi connectivity index (χ3v) is 7.85. The average molecular weight is 542 g/mol. The molecule has 0 aliphatic carbocycles. The lowest BCUT2D eigenvalue weighted by atomic mass is 9.98. The Morgan fingerprint density at radius 3 is 2.68 bits per heavy atom. The van der Waals surface area contributed by atoms with Crippen molar-refractivity contribution in [3.05, 3.63) is 53.5 Å². The molecule has 2 aliphatic heterocycles. The zero-order valence-electron chi connectivity index (χ0n) is 20.6. The summed E-state index contributed by atoms with van der Waals surface area (Å²) in [6, 6.07) is 8.21. The van der Waals surface area contributed by atoms with Gasteiger partial charge in [-0.2, -0.15) is 5.10 Å². The van der Waals surface area contributed by atoms with Crippen molar-refractivity contribution in [3.8, 4) is 5.75 Å². The molecule has 0 unspecified atom stereocenters. The van der Waals surface area contributed by atoms with E-state index >= 15 is 0 Å². The summed E-state index contributed by atoms with van der Waals surface area (Å²) < 4.78 is 31.6. The summed E-state index contributed by atoms with van der Waals surface area (Å²) in [5.41, 5.74) is 1.84. The summed E-state index contributed by atoms with van der Waals surface area (Å²) in [5, 5.41) is 12.6. The van der Waals surface area contributed by atoms with E-state index in [4.69, 9.17) is 4.74 Å². The summed E-state index contributed by atoms with van der Waals surface area (Å²) in [4.78, 5) is 41.9. The third kappa shape index (κ3) is 5.60. The highest BCUT2D eigenvalue weighted by Crippen LogP contribution is 2.28. The minimum Gasteiger partial charge on any atom is -0.482 e. The van der Waals surface area contributed by atoms with Gasteiger partial charge in [0.15, 0.2) is 12.3 Å². The van der Waals surface area contributed by atoms with E-state index in [1.54, 1.807) is 24.3 Å². The number of nitrogens with zero attached hydrogens (tertiary/aromatic N) is 4. The highest BCUT2D eigenvalue weighted by atomic mass is 32.2. The van der Waals surface area contributed by atoms with E-state index in [2.05, 4.69) is 26.0 Å². The fourth-order valence-electron chi connectivity index (χ4n) is 4.48. The largest absolute Gasteiger partial charge is 0.482 e. The third-order valence-electron chi connectivity index (χ3n) is 6.55. The van der Waals surface area contributed by atoms with Crippen LogP contribution in [0.5, 0.6) is 5.75 Å². The van der Waals surface area contributed by atoms with Crippen molar-refractivity contribution < 1.29 is 27.5 Å². The van der Waals surface area contributed by atoms with E-state index in [0.717, 1.165) is 5.56 Å². The summed E-state index contributed by atoms with van der Waals surface area (Å²) in [7, 11) is -3.22. The van der Waals surface area contributed by atoms with Crippen molar-refractivity contribution in [1.82, 2.24) is 29.5 Å². The van der Waals surface area contributed by atoms with Gasteiger partial charge in [-0.25, -0.2) is 22.2 Å². The lowest BCUT2D eigenvalue weighted by molar-refractivity contribution is -0.118. The molecule has 200 valence electrons. The number of hydrogen-bond donors (Lipinski definition) is 3. The van der Waals surface area contributed by atoms with Crippen molar-refractivity contribution in [2.24, 2.45) is 5.92 Å². The average Bonchev–Trinajstić information content (AvgIpc) is 3.38. The van der Waals surface area contributed by atoms with Crippen molar-refractivity contribution >= 4 is 39.1 Å². The van der Waals surface area contributed by atoms with Gasteiger partial charge in [0.2, 0.25) is 10.0 Å². The predicted molar refractivity (Wildman–Crippen MR) is 136 cm³/mol. The number of benzene rings is 1. The number of nitrogens with one attached hydrogen (secondary N) is 3. The van der Waals surface area contributed by atoms with Crippen molar-refractivity contribution in [3.63, 3.8) is 0 Å². The van der Waals surface area contributed by atoms with E-state index in [-0.39, 0.29) is 36.4 Å². The van der Waals surface area contributed by atoms with Crippen LogP contribution in [-0.4, -0.2) is 77.5 Å². The molecule has 38 heavy (non-hydrogen) atoms. The first-order valence-corrected chi connectivity index (χ1v) is 13.9. The Balaban J connectivity index is 1.24. The highest BCUT2D eigenvalue weighted by Gasteiger charge is 2.26. The molecule has 1 saturated heterocycles. The minimum absolute atomic E-state index is 0.0375. The maximum Gasteiger partial charge on any atom is 0.270 e. The van der Waals surface area contributed by atoms with Crippen molar-refractivity contribution in [2.45, 2.75) is 19.4 Å². The van der Waals surface area contributed by atoms with E-state index < -0.39 is 21.8 Å². The topological polar surface area (TPSA) is 164 Å². The quantitative estimate of drug-likeness (QED) is 0.387. The first kappa shape index (κ1) is 25.6. The number of amides is 3. The van der Waals surface area contributed by atoms with Crippen LogP contribution >= 0.6 is 0 Å². The summed E-state index contributed by atoms with van der Waals surface area (Å²) >= 11 is 0. The number of rotatable bonds is 7. The van der Waals surface area contributed by atoms with E-state index in [0.29, 0.717) is 49.6 Å². The minimum atomic E-state index is -3.22. The van der Waals surface area contributed by atoms with Crippen LogP contribution in [0.1, 0.15) is 39.4 Å². The van der Waals surface area contributed by atoms with Gasteiger partial charge >= 0.3 is 0 Å². The molecule has 3 amide bonds. The number of carbonyl (C=O) groups excluding carboxylic acids is 3. The molecule has 0 radical (unpaired) electrons. The first-order valence-electron chi connectivity index (χ1n) is 12.1. The number of ether oxygens (including phenoxy) is 1. The van der Waals surface area contributed by atoms with Crippen LogP contribution < -0.4 is 20.7 Å². The Kier molecular flexibility index (Phi) is 6.99. The molecule has 5 rings (SSSR count). The zero-order chi connectivity index (χ0) is 26.9.